The highest BCUT2D eigenvalue weighted by molar-refractivity contribution is 5.40. The Balaban J connectivity index is 2.44. The molecule has 20 heavy (non-hydrogen) atoms. The van der Waals surface area contributed by atoms with Crippen molar-refractivity contribution in [3.8, 4) is 0 Å². The molecule has 0 aliphatic carbocycles. The van der Waals surface area contributed by atoms with E-state index in [0.29, 0.717) is 0 Å². The summed E-state index contributed by atoms with van der Waals surface area (Å²) in [5.41, 5.74) is 4.72. The van der Waals surface area contributed by atoms with Crippen LogP contribution in [0.2, 0.25) is 0 Å². The molecule has 3 nitrogen and oxygen atoms in total. The van der Waals surface area contributed by atoms with E-state index < -0.39 is 0 Å². The molecular weight excluding hydrogens is 248 g/mol. The van der Waals surface area contributed by atoms with E-state index in [1.807, 2.05) is 27.0 Å². The van der Waals surface area contributed by atoms with Crippen molar-refractivity contribution >= 4 is 0 Å². The molecule has 2 aromatic rings. The van der Waals surface area contributed by atoms with E-state index in [4.69, 9.17) is 4.42 Å². The largest absolute Gasteiger partial charge is 0.466 e. The minimum atomic E-state index is 0.153. The van der Waals surface area contributed by atoms with Crippen LogP contribution < -0.4 is 5.32 Å². The summed E-state index contributed by atoms with van der Waals surface area (Å²) in [5.74, 6) is 2.00. The lowest BCUT2D eigenvalue weighted by molar-refractivity contribution is 0.492. The van der Waals surface area contributed by atoms with E-state index in [-0.39, 0.29) is 6.04 Å². The van der Waals surface area contributed by atoms with Gasteiger partial charge < -0.3 is 9.73 Å². The number of nitrogens with zero attached hydrogens (tertiary/aromatic N) is 1. The van der Waals surface area contributed by atoms with Crippen LogP contribution in [0, 0.1) is 27.7 Å². The van der Waals surface area contributed by atoms with Gasteiger partial charge in [-0.05, 0) is 57.9 Å². The van der Waals surface area contributed by atoms with Crippen molar-refractivity contribution in [2.45, 2.75) is 47.1 Å². The number of hydrogen-bond acceptors (Lipinski definition) is 3. The first kappa shape index (κ1) is 14.8. The van der Waals surface area contributed by atoms with Gasteiger partial charge in [0, 0.05) is 17.5 Å². The van der Waals surface area contributed by atoms with Crippen LogP contribution in [0.4, 0.5) is 0 Å². The fourth-order valence-corrected chi connectivity index (χ4v) is 2.56. The van der Waals surface area contributed by atoms with Crippen molar-refractivity contribution in [1.29, 1.82) is 0 Å². The number of hydrogen-bond donors (Lipinski definition) is 1. The van der Waals surface area contributed by atoms with E-state index in [0.717, 1.165) is 30.2 Å². The Labute approximate surface area is 121 Å². The van der Waals surface area contributed by atoms with Crippen LogP contribution >= 0.6 is 0 Å². The summed E-state index contributed by atoms with van der Waals surface area (Å²) in [5, 5.41) is 3.62. The van der Waals surface area contributed by atoms with Crippen molar-refractivity contribution in [2.24, 2.45) is 0 Å². The maximum atomic E-state index is 5.79. The number of furan rings is 1. The zero-order valence-corrected chi connectivity index (χ0v) is 13.1. The Morgan fingerprint density at radius 3 is 2.40 bits per heavy atom. The molecule has 2 rings (SSSR count). The molecule has 0 fully saturated rings. The Morgan fingerprint density at radius 1 is 1.15 bits per heavy atom. The molecule has 0 bridgehead atoms. The molecule has 0 aliphatic heterocycles. The minimum Gasteiger partial charge on any atom is -0.466 e. The maximum absolute atomic E-state index is 5.79. The number of aromatic nitrogens is 1. The molecular formula is C17H24N2O. The first-order valence-corrected chi connectivity index (χ1v) is 7.27. The highest BCUT2D eigenvalue weighted by Crippen LogP contribution is 2.31. The van der Waals surface area contributed by atoms with E-state index >= 15 is 0 Å². The van der Waals surface area contributed by atoms with Crippen molar-refractivity contribution < 1.29 is 4.42 Å². The molecule has 3 heteroatoms. The number of aryl methyl sites for hydroxylation is 3. The van der Waals surface area contributed by atoms with Gasteiger partial charge in [0.05, 0.1) is 6.04 Å². The van der Waals surface area contributed by atoms with Gasteiger partial charge in [-0.3, -0.25) is 4.98 Å². The summed E-state index contributed by atoms with van der Waals surface area (Å²) in [7, 11) is 0. The topological polar surface area (TPSA) is 38.1 Å². The molecule has 0 spiro atoms. The van der Waals surface area contributed by atoms with Gasteiger partial charge in [-0.15, -0.1) is 0 Å². The number of pyridine rings is 1. The molecule has 2 aromatic heterocycles. The molecule has 0 saturated carbocycles. The zero-order chi connectivity index (χ0) is 14.7. The second-order valence-electron chi connectivity index (χ2n) is 5.37. The lowest BCUT2D eigenvalue weighted by Crippen LogP contribution is -2.24. The first-order chi connectivity index (χ1) is 9.54. The lowest BCUT2D eigenvalue weighted by Gasteiger charge is -2.19. The van der Waals surface area contributed by atoms with Gasteiger partial charge in [-0.2, -0.15) is 0 Å². The second kappa shape index (κ2) is 6.23. The van der Waals surface area contributed by atoms with Gasteiger partial charge >= 0.3 is 0 Å². The molecule has 1 unspecified atom stereocenters. The summed E-state index contributed by atoms with van der Waals surface area (Å²) in [6, 6.07) is 4.37. The summed E-state index contributed by atoms with van der Waals surface area (Å²) in [4.78, 5) is 4.43. The molecule has 1 atom stereocenters. The van der Waals surface area contributed by atoms with Crippen LogP contribution in [-0.2, 0) is 0 Å². The fraction of sp³-hybridized carbons (Fsp3) is 0.471. The maximum Gasteiger partial charge on any atom is 0.106 e. The van der Waals surface area contributed by atoms with Gasteiger partial charge in [0.1, 0.15) is 11.5 Å². The molecule has 0 aliphatic rings. The average Bonchev–Trinajstić information content (AvgIpc) is 2.67. The lowest BCUT2D eigenvalue weighted by atomic mass is 9.96. The van der Waals surface area contributed by atoms with Crippen LogP contribution in [0.5, 0.6) is 0 Å². The van der Waals surface area contributed by atoms with E-state index in [9.17, 15) is 0 Å². The standard InChI is InChI=1S/C17H24N2O/c1-6-9-18-17(15-8-7-11(2)19-10-15)16-12(3)13(4)20-14(16)5/h7-8,10,17-18H,6,9H2,1-5H3. The van der Waals surface area contributed by atoms with Crippen LogP contribution in [0.25, 0.3) is 0 Å². The van der Waals surface area contributed by atoms with Crippen LogP contribution in [0.3, 0.4) is 0 Å². The Bertz CT molecular complexity index is 569. The van der Waals surface area contributed by atoms with E-state index in [1.165, 1.54) is 16.7 Å². The molecule has 0 aromatic carbocycles. The summed E-state index contributed by atoms with van der Waals surface area (Å²) in [6.07, 6.45) is 3.06. The number of nitrogens with one attached hydrogen (secondary N) is 1. The Kier molecular flexibility index (Phi) is 4.61. The van der Waals surface area contributed by atoms with Crippen LogP contribution in [0.1, 0.15) is 53.3 Å². The van der Waals surface area contributed by atoms with Crippen molar-refractivity contribution in [3.63, 3.8) is 0 Å². The molecule has 0 saturated heterocycles. The van der Waals surface area contributed by atoms with Crippen LogP contribution in [0.15, 0.2) is 22.7 Å². The van der Waals surface area contributed by atoms with E-state index in [1.54, 1.807) is 0 Å². The highest BCUT2D eigenvalue weighted by Gasteiger charge is 2.22. The predicted octanol–water partition coefficient (Wildman–Crippen LogP) is 4.00. The number of rotatable bonds is 5. The molecule has 1 N–H and O–H groups in total. The second-order valence-corrected chi connectivity index (χ2v) is 5.37. The summed E-state index contributed by atoms with van der Waals surface area (Å²) < 4.78 is 5.79. The van der Waals surface area contributed by atoms with Gasteiger partial charge in [0.15, 0.2) is 0 Å². The van der Waals surface area contributed by atoms with Gasteiger partial charge in [0.25, 0.3) is 0 Å². The van der Waals surface area contributed by atoms with Crippen molar-refractivity contribution in [3.05, 3.63) is 52.2 Å². The first-order valence-electron chi connectivity index (χ1n) is 7.27. The molecule has 108 valence electrons. The quantitative estimate of drug-likeness (QED) is 0.894. The third-order valence-corrected chi connectivity index (χ3v) is 3.77. The molecule has 2 heterocycles. The third-order valence-electron chi connectivity index (χ3n) is 3.77. The fourth-order valence-electron chi connectivity index (χ4n) is 2.56. The highest BCUT2D eigenvalue weighted by atomic mass is 16.3. The Morgan fingerprint density at radius 2 is 1.90 bits per heavy atom. The molecule has 0 amide bonds. The predicted molar refractivity (Wildman–Crippen MR) is 82.0 cm³/mol. The average molecular weight is 272 g/mol. The normalized spacial score (nSPS) is 12.7. The smallest absolute Gasteiger partial charge is 0.106 e. The summed E-state index contributed by atoms with van der Waals surface area (Å²) >= 11 is 0. The van der Waals surface area contributed by atoms with Crippen molar-refractivity contribution in [2.75, 3.05) is 6.54 Å². The van der Waals surface area contributed by atoms with Crippen molar-refractivity contribution in [1.82, 2.24) is 10.3 Å². The zero-order valence-electron chi connectivity index (χ0n) is 13.1. The minimum absolute atomic E-state index is 0.153. The monoisotopic (exact) mass is 272 g/mol. The third kappa shape index (κ3) is 2.93. The SMILES string of the molecule is CCCNC(c1ccc(C)nc1)c1c(C)oc(C)c1C. The Hall–Kier alpha value is -1.61. The van der Waals surface area contributed by atoms with Gasteiger partial charge in [-0.1, -0.05) is 13.0 Å². The van der Waals surface area contributed by atoms with Gasteiger partial charge in [-0.25, -0.2) is 0 Å². The van der Waals surface area contributed by atoms with E-state index in [2.05, 4.69) is 36.3 Å². The summed E-state index contributed by atoms with van der Waals surface area (Å²) in [6.45, 7) is 11.4. The molecule has 0 radical (unpaired) electrons. The van der Waals surface area contributed by atoms with Gasteiger partial charge in [0.2, 0.25) is 0 Å². The van der Waals surface area contributed by atoms with Crippen LogP contribution in [-0.4, -0.2) is 11.5 Å².